The lowest BCUT2D eigenvalue weighted by atomic mass is 10.00. The van der Waals surface area contributed by atoms with Gasteiger partial charge in [0.1, 0.15) is 11.4 Å². The molecule has 0 saturated heterocycles. The Bertz CT molecular complexity index is 685. The smallest absolute Gasteiger partial charge is 0.428 e. The van der Waals surface area contributed by atoms with E-state index >= 15 is 0 Å². The monoisotopic (exact) mass is 415 g/mol. The van der Waals surface area contributed by atoms with Crippen LogP contribution in [0.2, 0.25) is 0 Å². The van der Waals surface area contributed by atoms with Crippen LogP contribution in [0.5, 0.6) is 5.75 Å². The lowest BCUT2D eigenvalue weighted by Crippen LogP contribution is -2.29. The minimum absolute atomic E-state index is 0.289. The Morgan fingerprint density at radius 1 is 1.07 bits per heavy atom. The number of hydrogen-bond donors (Lipinski definition) is 2. The van der Waals surface area contributed by atoms with E-state index in [-0.39, 0.29) is 12.2 Å². The second-order valence-electron chi connectivity index (χ2n) is 7.47. The van der Waals surface area contributed by atoms with Crippen molar-refractivity contribution in [1.29, 1.82) is 0 Å². The standard InChI is InChI=1S/C20H33NO6S/c1-4-5-6-7-8-14-20(2,3)27-19(22)26-18-12-10-17(11-13-18)21-15-9-16-28(23,24)25/h10-13,21H,4-9,14-16H2,1-3H3,(H,23,24,25). The number of benzene rings is 1. The molecule has 0 bridgehead atoms. The zero-order valence-corrected chi connectivity index (χ0v) is 17.9. The van der Waals surface area contributed by atoms with Crippen LogP contribution < -0.4 is 10.1 Å². The molecule has 8 heteroatoms. The van der Waals surface area contributed by atoms with E-state index in [2.05, 4.69) is 12.2 Å². The van der Waals surface area contributed by atoms with Gasteiger partial charge < -0.3 is 14.8 Å². The van der Waals surface area contributed by atoms with Crippen LogP contribution in [0.1, 0.15) is 65.7 Å². The van der Waals surface area contributed by atoms with E-state index in [1.165, 1.54) is 19.3 Å². The molecule has 1 aromatic carbocycles. The van der Waals surface area contributed by atoms with Crippen LogP contribution in [0.4, 0.5) is 10.5 Å². The average molecular weight is 416 g/mol. The molecule has 0 radical (unpaired) electrons. The highest BCUT2D eigenvalue weighted by Gasteiger charge is 2.23. The van der Waals surface area contributed by atoms with Gasteiger partial charge in [-0.05, 0) is 57.4 Å². The first kappa shape index (κ1) is 24.2. The van der Waals surface area contributed by atoms with Crippen molar-refractivity contribution in [3.05, 3.63) is 24.3 Å². The van der Waals surface area contributed by atoms with Crippen LogP contribution in [0.15, 0.2) is 24.3 Å². The number of carbonyl (C=O) groups is 1. The van der Waals surface area contributed by atoms with Crippen molar-refractivity contribution in [2.24, 2.45) is 0 Å². The molecule has 28 heavy (non-hydrogen) atoms. The van der Waals surface area contributed by atoms with Crippen molar-refractivity contribution in [3.63, 3.8) is 0 Å². The van der Waals surface area contributed by atoms with Crippen molar-refractivity contribution in [2.75, 3.05) is 17.6 Å². The van der Waals surface area contributed by atoms with E-state index in [1.807, 2.05) is 13.8 Å². The van der Waals surface area contributed by atoms with Crippen LogP contribution in [-0.4, -0.2) is 37.0 Å². The third-order valence-corrected chi connectivity index (χ3v) is 5.01. The Balaban J connectivity index is 2.35. The van der Waals surface area contributed by atoms with Gasteiger partial charge in [0.2, 0.25) is 0 Å². The summed E-state index contributed by atoms with van der Waals surface area (Å²) in [6, 6.07) is 6.69. The number of hydrogen-bond acceptors (Lipinski definition) is 6. The SMILES string of the molecule is CCCCCCCC(C)(C)OC(=O)Oc1ccc(NCCCS(=O)(=O)O)cc1. The summed E-state index contributed by atoms with van der Waals surface area (Å²) in [6.45, 7) is 6.34. The van der Waals surface area contributed by atoms with E-state index < -0.39 is 21.9 Å². The van der Waals surface area contributed by atoms with Crippen LogP contribution in [0.3, 0.4) is 0 Å². The van der Waals surface area contributed by atoms with Gasteiger partial charge in [-0.25, -0.2) is 4.79 Å². The number of nitrogens with one attached hydrogen (secondary N) is 1. The highest BCUT2D eigenvalue weighted by Crippen LogP contribution is 2.22. The van der Waals surface area contributed by atoms with Crippen molar-refractivity contribution >= 4 is 22.0 Å². The maximum absolute atomic E-state index is 12.0. The van der Waals surface area contributed by atoms with Crippen molar-refractivity contribution in [1.82, 2.24) is 0 Å². The molecule has 0 aliphatic rings. The molecule has 7 nitrogen and oxygen atoms in total. The molecule has 160 valence electrons. The lowest BCUT2D eigenvalue weighted by molar-refractivity contribution is 0.00276. The molecule has 0 amide bonds. The summed E-state index contributed by atoms with van der Waals surface area (Å²) < 4.78 is 40.6. The van der Waals surface area contributed by atoms with E-state index in [1.54, 1.807) is 24.3 Å². The minimum Gasteiger partial charge on any atom is -0.428 e. The first-order chi connectivity index (χ1) is 13.1. The van der Waals surface area contributed by atoms with E-state index in [0.717, 1.165) is 24.9 Å². The third kappa shape index (κ3) is 11.8. The van der Waals surface area contributed by atoms with Crippen molar-refractivity contribution in [2.45, 2.75) is 71.3 Å². The molecule has 0 aromatic heterocycles. The fraction of sp³-hybridized carbons (Fsp3) is 0.650. The fourth-order valence-electron chi connectivity index (χ4n) is 2.68. The number of rotatable bonds is 13. The highest BCUT2D eigenvalue weighted by molar-refractivity contribution is 7.85. The van der Waals surface area contributed by atoms with Crippen LogP contribution in [0, 0.1) is 0 Å². The number of unbranched alkanes of at least 4 members (excludes halogenated alkanes) is 4. The second kappa shape index (κ2) is 11.9. The first-order valence-electron chi connectivity index (χ1n) is 9.81. The molecular formula is C20H33NO6S. The van der Waals surface area contributed by atoms with Gasteiger partial charge in [-0.2, -0.15) is 8.42 Å². The average Bonchev–Trinajstić information content (AvgIpc) is 2.58. The molecule has 0 saturated carbocycles. The zero-order valence-electron chi connectivity index (χ0n) is 17.1. The summed E-state index contributed by atoms with van der Waals surface area (Å²) >= 11 is 0. The molecule has 1 aromatic rings. The van der Waals surface area contributed by atoms with Gasteiger partial charge in [0, 0.05) is 12.2 Å². The molecule has 2 N–H and O–H groups in total. The van der Waals surface area contributed by atoms with Crippen LogP contribution in [0.25, 0.3) is 0 Å². The first-order valence-corrected chi connectivity index (χ1v) is 11.4. The maximum Gasteiger partial charge on any atom is 0.514 e. The molecule has 0 spiro atoms. The normalized spacial score (nSPS) is 11.9. The predicted molar refractivity (Wildman–Crippen MR) is 111 cm³/mol. The van der Waals surface area contributed by atoms with Crippen molar-refractivity contribution < 1.29 is 27.2 Å². The molecule has 0 aliphatic heterocycles. The summed E-state index contributed by atoms with van der Waals surface area (Å²) in [5.41, 5.74) is 0.182. The van der Waals surface area contributed by atoms with Gasteiger partial charge in [-0.3, -0.25) is 4.55 Å². The largest absolute Gasteiger partial charge is 0.514 e. The van der Waals surface area contributed by atoms with E-state index in [0.29, 0.717) is 12.3 Å². The van der Waals surface area contributed by atoms with E-state index in [9.17, 15) is 13.2 Å². The maximum atomic E-state index is 12.0. The lowest BCUT2D eigenvalue weighted by Gasteiger charge is -2.24. The van der Waals surface area contributed by atoms with Gasteiger partial charge in [-0.15, -0.1) is 0 Å². The van der Waals surface area contributed by atoms with E-state index in [4.69, 9.17) is 14.0 Å². The number of carbonyl (C=O) groups excluding carboxylic acids is 1. The Morgan fingerprint density at radius 3 is 2.32 bits per heavy atom. The van der Waals surface area contributed by atoms with Crippen LogP contribution in [-0.2, 0) is 14.9 Å². The summed E-state index contributed by atoms with van der Waals surface area (Å²) in [4.78, 5) is 12.0. The second-order valence-corrected chi connectivity index (χ2v) is 9.04. The molecule has 0 heterocycles. The van der Waals surface area contributed by atoms with Gasteiger partial charge in [-0.1, -0.05) is 32.6 Å². The minimum atomic E-state index is -3.94. The summed E-state index contributed by atoms with van der Waals surface area (Å²) in [7, 11) is -3.94. The van der Waals surface area contributed by atoms with Gasteiger partial charge >= 0.3 is 6.16 Å². The fourth-order valence-corrected chi connectivity index (χ4v) is 3.19. The number of anilines is 1. The third-order valence-electron chi connectivity index (χ3n) is 4.21. The Labute approximate surface area is 168 Å². The van der Waals surface area contributed by atoms with Gasteiger partial charge in [0.05, 0.1) is 5.75 Å². The topological polar surface area (TPSA) is 102 Å². The summed E-state index contributed by atoms with van der Waals surface area (Å²) in [5.74, 6) is 0.0776. The zero-order chi connectivity index (χ0) is 21.0. The van der Waals surface area contributed by atoms with Crippen molar-refractivity contribution in [3.8, 4) is 5.75 Å². The molecule has 0 aliphatic carbocycles. The summed E-state index contributed by atoms with van der Waals surface area (Å²) in [6.07, 6.45) is 6.13. The van der Waals surface area contributed by atoms with Crippen LogP contribution >= 0.6 is 0 Å². The summed E-state index contributed by atoms with van der Waals surface area (Å²) in [5, 5.41) is 3.03. The molecule has 0 fully saturated rings. The molecular weight excluding hydrogens is 382 g/mol. The quantitative estimate of drug-likeness (QED) is 0.202. The van der Waals surface area contributed by atoms with Gasteiger partial charge in [0.15, 0.2) is 0 Å². The molecule has 0 atom stereocenters. The van der Waals surface area contributed by atoms with Gasteiger partial charge in [0.25, 0.3) is 10.1 Å². The molecule has 1 rings (SSSR count). The Hall–Kier alpha value is -1.80. The Morgan fingerprint density at radius 2 is 1.71 bits per heavy atom. The predicted octanol–water partition coefficient (Wildman–Crippen LogP) is 5.03. The number of ether oxygens (including phenoxy) is 2. The highest BCUT2D eigenvalue weighted by atomic mass is 32.2. The Kier molecular flexibility index (Phi) is 10.3. The molecule has 0 unspecified atom stereocenters.